The Morgan fingerprint density at radius 3 is 2.93 bits per heavy atom. The predicted octanol–water partition coefficient (Wildman–Crippen LogP) is 2.10. The SMILES string of the molecule is COCC(N)Cc1cc(F)ccc1Br. The molecule has 0 saturated carbocycles. The molecule has 0 aliphatic carbocycles. The van der Waals surface area contributed by atoms with E-state index in [9.17, 15) is 4.39 Å². The third-order valence-corrected chi connectivity index (χ3v) is 2.64. The van der Waals surface area contributed by atoms with Gasteiger partial charge in [0, 0.05) is 17.6 Å². The highest BCUT2D eigenvalue weighted by Gasteiger charge is 2.07. The maximum Gasteiger partial charge on any atom is 0.123 e. The normalized spacial score (nSPS) is 12.9. The minimum absolute atomic E-state index is 0.0990. The van der Waals surface area contributed by atoms with Gasteiger partial charge in [0.05, 0.1) is 6.61 Å². The zero-order valence-corrected chi connectivity index (χ0v) is 9.55. The van der Waals surface area contributed by atoms with Crippen molar-refractivity contribution in [1.82, 2.24) is 0 Å². The summed E-state index contributed by atoms with van der Waals surface area (Å²) in [4.78, 5) is 0. The first-order chi connectivity index (χ1) is 6.63. The average molecular weight is 262 g/mol. The van der Waals surface area contributed by atoms with E-state index < -0.39 is 0 Å². The summed E-state index contributed by atoms with van der Waals surface area (Å²) in [5.74, 6) is -0.243. The Kier molecular flexibility index (Phi) is 4.51. The standard InChI is InChI=1S/C10H13BrFNO/c1-14-6-9(13)5-7-4-8(12)2-3-10(7)11/h2-4,9H,5-6,13H2,1H3. The monoisotopic (exact) mass is 261 g/mol. The van der Waals surface area contributed by atoms with E-state index in [0.717, 1.165) is 10.0 Å². The zero-order chi connectivity index (χ0) is 10.6. The lowest BCUT2D eigenvalue weighted by atomic mass is 10.1. The van der Waals surface area contributed by atoms with E-state index >= 15 is 0 Å². The van der Waals surface area contributed by atoms with E-state index in [1.807, 2.05) is 0 Å². The highest BCUT2D eigenvalue weighted by molar-refractivity contribution is 9.10. The first kappa shape index (κ1) is 11.6. The van der Waals surface area contributed by atoms with Crippen molar-refractivity contribution in [3.63, 3.8) is 0 Å². The van der Waals surface area contributed by atoms with Gasteiger partial charge in [0.15, 0.2) is 0 Å². The smallest absolute Gasteiger partial charge is 0.123 e. The Bertz CT molecular complexity index is 306. The van der Waals surface area contributed by atoms with Crippen LogP contribution in [0.3, 0.4) is 0 Å². The van der Waals surface area contributed by atoms with Crippen molar-refractivity contribution < 1.29 is 9.13 Å². The fourth-order valence-corrected chi connectivity index (χ4v) is 1.66. The molecule has 14 heavy (non-hydrogen) atoms. The van der Waals surface area contributed by atoms with Gasteiger partial charge in [-0.1, -0.05) is 15.9 Å². The van der Waals surface area contributed by atoms with Crippen molar-refractivity contribution in [3.05, 3.63) is 34.1 Å². The summed E-state index contributed by atoms with van der Waals surface area (Å²) in [6, 6.07) is 4.48. The van der Waals surface area contributed by atoms with E-state index in [1.165, 1.54) is 12.1 Å². The molecule has 0 aliphatic heterocycles. The summed E-state index contributed by atoms with van der Waals surface area (Å²) in [5, 5.41) is 0. The van der Waals surface area contributed by atoms with E-state index in [-0.39, 0.29) is 11.9 Å². The molecule has 1 rings (SSSR count). The summed E-state index contributed by atoms with van der Waals surface area (Å²) in [6.45, 7) is 0.475. The average Bonchev–Trinajstić information content (AvgIpc) is 2.12. The van der Waals surface area contributed by atoms with Crippen molar-refractivity contribution in [1.29, 1.82) is 0 Å². The number of ether oxygens (including phenoxy) is 1. The minimum Gasteiger partial charge on any atom is -0.383 e. The second-order valence-electron chi connectivity index (χ2n) is 3.16. The number of nitrogens with two attached hydrogens (primary N) is 1. The van der Waals surface area contributed by atoms with Gasteiger partial charge in [-0.25, -0.2) is 4.39 Å². The Labute approximate surface area is 91.4 Å². The van der Waals surface area contributed by atoms with Crippen LogP contribution in [-0.2, 0) is 11.2 Å². The van der Waals surface area contributed by atoms with Gasteiger partial charge in [0.1, 0.15) is 5.82 Å². The van der Waals surface area contributed by atoms with Crippen molar-refractivity contribution in [2.45, 2.75) is 12.5 Å². The third-order valence-electron chi connectivity index (χ3n) is 1.87. The fourth-order valence-electron chi connectivity index (χ4n) is 1.26. The molecular weight excluding hydrogens is 249 g/mol. The quantitative estimate of drug-likeness (QED) is 0.901. The van der Waals surface area contributed by atoms with Crippen LogP contribution in [-0.4, -0.2) is 19.8 Å². The predicted molar refractivity (Wildman–Crippen MR) is 57.7 cm³/mol. The molecule has 78 valence electrons. The lowest BCUT2D eigenvalue weighted by Crippen LogP contribution is -2.28. The van der Waals surface area contributed by atoms with Gasteiger partial charge in [-0.15, -0.1) is 0 Å². The van der Waals surface area contributed by atoms with E-state index in [0.29, 0.717) is 13.0 Å². The molecule has 1 aromatic rings. The Morgan fingerprint density at radius 1 is 1.57 bits per heavy atom. The molecule has 0 aliphatic rings. The van der Waals surface area contributed by atoms with Crippen molar-refractivity contribution in [3.8, 4) is 0 Å². The van der Waals surface area contributed by atoms with E-state index in [1.54, 1.807) is 13.2 Å². The summed E-state index contributed by atoms with van der Waals surface area (Å²) in [6.07, 6.45) is 0.603. The van der Waals surface area contributed by atoms with Crippen LogP contribution in [0.5, 0.6) is 0 Å². The van der Waals surface area contributed by atoms with E-state index in [2.05, 4.69) is 15.9 Å². The minimum atomic E-state index is -0.243. The number of hydrogen-bond acceptors (Lipinski definition) is 2. The van der Waals surface area contributed by atoms with Gasteiger partial charge in [0.25, 0.3) is 0 Å². The van der Waals surface area contributed by atoms with Crippen molar-refractivity contribution >= 4 is 15.9 Å². The molecule has 0 radical (unpaired) electrons. The van der Waals surface area contributed by atoms with Crippen LogP contribution in [0.2, 0.25) is 0 Å². The molecule has 0 fully saturated rings. The van der Waals surface area contributed by atoms with Gasteiger partial charge >= 0.3 is 0 Å². The number of benzene rings is 1. The number of halogens is 2. The van der Waals surface area contributed by atoms with Crippen LogP contribution in [0.15, 0.2) is 22.7 Å². The Balaban J connectivity index is 2.70. The van der Waals surface area contributed by atoms with Crippen LogP contribution in [0.4, 0.5) is 4.39 Å². The molecule has 0 spiro atoms. The van der Waals surface area contributed by atoms with Crippen LogP contribution in [0.25, 0.3) is 0 Å². The molecular formula is C10H13BrFNO. The lowest BCUT2D eigenvalue weighted by Gasteiger charge is -2.11. The lowest BCUT2D eigenvalue weighted by molar-refractivity contribution is 0.180. The molecule has 4 heteroatoms. The second kappa shape index (κ2) is 5.44. The van der Waals surface area contributed by atoms with E-state index in [4.69, 9.17) is 10.5 Å². The number of hydrogen-bond donors (Lipinski definition) is 1. The second-order valence-corrected chi connectivity index (χ2v) is 4.01. The Hall–Kier alpha value is -0.450. The van der Waals surface area contributed by atoms with Crippen molar-refractivity contribution in [2.24, 2.45) is 5.73 Å². The molecule has 1 atom stereocenters. The summed E-state index contributed by atoms with van der Waals surface area (Å²) in [7, 11) is 1.60. The molecule has 1 aromatic carbocycles. The van der Waals surface area contributed by atoms with Gasteiger partial charge < -0.3 is 10.5 Å². The summed E-state index contributed by atoms with van der Waals surface area (Å²) >= 11 is 3.35. The number of methoxy groups -OCH3 is 1. The largest absolute Gasteiger partial charge is 0.383 e. The van der Waals surface area contributed by atoms with Gasteiger partial charge in [-0.05, 0) is 30.2 Å². The first-order valence-corrected chi connectivity index (χ1v) is 5.11. The third kappa shape index (κ3) is 3.36. The zero-order valence-electron chi connectivity index (χ0n) is 7.97. The van der Waals surface area contributed by atoms with Crippen LogP contribution in [0.1, 0.15) is 5.56 Å². The topological polar surface area (TPSA) is 35.2 Å². The Morgan fingerprint density at radius 2 is 2.29 bits per heavy atom. The maximum atomic E-state index is 12.9. The highest BCUT2D eigenvalue weighted by atomic mass is 79.9. The van der Waals surface area contributed by atoms with Crippen LogP contribution < -0.4 is 5.73 Å². The maximum absolute atomic E-state index is 12.9. The van der Waals surface area contributed by atoms with Crippen molar-refractivity contribution in [2.75, 3.05) is 13.7 Å². The molecule has 0 amide bonds. The van der Waals surface area contributed by atoms with Crippen LogP contribution >= 0.6 is 15.9 Å². The van der Waals surface area contributed by atoms with Gasteiger partial charge in [-0.3, -0.25) is 0 Å². The molecule has 0 bridgehead atoms. The molecule has 0 saturated heterocycles. The molecule has 1 unspecified atom stereocenters. The number of rotatable bonds is 4. The highest BCUT2D eigenvalue weighted by Crippen LogP contribution is 2.18. The molecule has 0 heterocycles. The van der Waals surface area contributed by atoms with Crippen LogP contribution in [0, 0.1) is 5.82 Å². The first-order valence-electron chi connectivity index (χ1n) is 4.32. The summed E-state index contributed by atoms with van der Waals surface area (Å²) < 4.78 is 18.7. The summed E-state index contributed by atoms with van der Waals surface area (Å²) in [5.41, 5.74) is 6.64. The van der Waals surface area contributed by atoms with Gasteiger partial charge in [-0.2, -0.15) is 0 Å². The molecule has 2 N–H and O–H groups in total. The molecule has 0 aromatic heterocycles. The fraction of sp³-hybridized carbons (Fsp3) is 0.400. The van der Waals surface area contributed by atoms with Gasteiger partial charge in [0.2, 0.25) is 0 Å². The molecule has 2 nitrogen and oxygen atoms in total.